The van der Waals surface area contributed by atoms with Crippen molar-refractivity contribution < 1.29 is 0 Å². The molecule has 0 fully saturated rings. The van der Waals surface area contributed by atoms with Gasteiger partial charge in [-0.1, -0.05) is 340 Å². The Hall–Kier alpha value is -12.9. The van der Waals surface area contributed by atoms with Crippen LogP contribution < -0.4 is 9.80 Å². The van der Waals surface area contributed by atoms with E-state index in [1.165, 1.54) is 83.5 Å². The molecule has 15 aromatic carbocycles. The summed E-state index contributed by atoms with van der Waals surface area (Å²) in [5, 5.41) is 4.59. The standard InChI is InChI=1S/C103H80N2/c1-7-23-96-86(10-4)92-60-58-84(66-98(92)102(96,80-50-34-70(5)35-51-80)68-74-42-38-72(8-2)39-43-74)104(82-54-46-78(47-55-82)76-24-13-11-14-25-76)100-64-62-89(87-28-17-19-31-94(87)100)90-63-65-101(95-32-20-18-29-88(90)95)105(83-56-48-79(49-57-83)77-26-15-12-16-27-77)85-59-61-93-91-30-21-22-33-97(91)103(99(93)67-85,81-52-36-71(6)37-53-81)69-75-44-40-73(9-3)41-45-75/h7-67H,2-4,68-69H2,1,5-6H3/b23-7-. The predicted octanol–water partition coefficient (Wildman–Crippen LogP) is 27.5. The molecule has 2 nitrogen and oxygen atoms in total. The maximum Gasteiger partial charge on any atom is 0.0540 e. The van der Waals surface area contributed by atoms with E-state index in [0.29, 0.717) is 0 Å². The van der Waals surface area contributed by atoms with Crippen LogP contribution in [0.4, 0.5) is 34.1 Å². The van der Waals surface area contributed by atoms with Gasteiger partial charge in [-0.3, -0.25) is 0 Å². The molecular weight excluding hydrogens is 1270 g/mol. The summed E-state index contributed by atoms with van der Waals surface area (Å²) < 4.78 is 0. The maximum atomic E-state index is 4.53. The summed E-state index contributed by atoms with van der Waals surface area (Å²) in [5.41, 5.74) is 31.9. The summed E-state index contributed by atoms with van der Waals surface area (Å²) in [6.07, 6.45) is 12.0. The Morgan fingerprint density at radius 2 is 0.686 bits per heavy atom. The van der Waals surface area contributed by atoms with E-state index in [1.807, 2.05) is 12.2 Å². The number of fused-ring (bicyclic) bond motifs is 6. The van der Waals surface area contributed by atoms with Crippen LogP contribution >= 0.6 is 0 Å². The Kier molecular flexibility index (Phi) is 17.1. The van der Waals surface area contributed by atoms with Crippen molar-refractivity contribution in [3.63, 3.8) is 0 Å². The zero-order chi connectivity index (χ0) is 71.2. The Labute approximate surface area is 618 Å². The molecule has 0 spiro atoms. The lowest BCUT2D eigenvalue weighted by molar-refractivity contribution is 0.624. The molecule has 0 heterocycles. The maximum absolute atomic E-state index is 4.53. The van der Waals surface area contributed by atoms with Gasteiger partial charge >= 0.3 is 0 Å². The first-order valence-electron chi connectivity index (χ1n) is 36.6. The fraction of sp³-hybridized carbons (Fsp3) is 0.0680. The van der Waals surface area contributed by atoms with Gasteiger partial charge < -0.3 is 9.80 Å². The normalized spacial score (nSPS) is 15.0. The van der Waals surface area contributed by atoms with Crippen LogP contribution in [0.15, 0.2) is 383 Å². The van der Waals surface area contributed by atoms with E-state index < -0.39 is 10.8 Å². The Morgan fingerprint density at radius 3 is 1.15 bits per heavy atom. The van der Waals surface area contributed by atoms with Crippen molar-refractivity contribution >= 4 is 73.4 Å². The van der Waals surface area contributed by atoms with E-state index >= 15 is 0 Å². The lowest BCUT2D eigenvalue weighted by atomic mass is 9.67. The summed E-state index contributed by atoms with van der Waals surface area (Å²) in [4.78, 5) is 4.99. The van der Waals surface area contributed by atoms with Crippen LogP contribution in [0.3, 0.4) is 0 Å². The van der Waals surface area contributed by atoms with Crippen LogP contribution in [0.2, 0.25) is 0 Å². The van der Waals surface area contributed by atoms with Crippen molar-refractivity contribution in [2.24, 2.45) is 0 Å². The molecule has 0 bridgehead atoms. The first-order chi connectivity index (χ1) is 51.7. The van der Waals surface area contributed by atoms with Gasteiger partial charge in [-0.15, -0.1) is 0 Å². The van der Waals surface area contributed by atoms with Crippen molar-refractivity contribution in [1.29, 1.82) is 0 Å². The fourth-order valence-electron chi connectivity index (χ4n) is 17.1. The number of nitrogens with zero attached hydrogens (tertiary/aromatic N) is 2. The molecular formula is C103H80N2. The van der Waals surface area contributed by atoms with Gasteiger partial charge in [0.05, 0.1) is 22.2 Å². The highest BCUT2D eigenvalue weighted by molar-refractivity contribution is 6.13. The molecule has 2 aliphatic carbocycles. The van der Waals surface area contributed by atoms with Crippen LogP contribution in [-0.2, 0) is 23.7 Å². The third kappa shape index (κ3) is 11.5. The average molecular weight is 1350 g/mol. The molecule has 0 saturated heterocycles. The van der Waals surface area contributed by atoms with Gasteiger partial charge in [-0.25, -0.2) is 0 Å². The average Bonchev–Trinajstić information content (AvgIpc) is 1.57. The van der Waals surface area contributed by atoms with E-state index in [-0.39, 0.29) is 0 Å². The lowest BCUT2D eigenvalue weighted by Gasteiger charge is -2.36. The van der Waals surface area contributed by atoms with Crippen molar-refractivity contribution in [1.82, 2.24) is 0 Å². The highest BCUT2D eigenvalue weighted by atomic mass is 15.2. The molecule has 17 rings (SSSR count). The number of aryl methyl sites for hydroxylation is 2. The van der Waals surface area contributed by atoms with Crippen LogP contribution in [-0.4, -0.2) is 0 Å². The van der Waals surface area contributed by atoms with Crippen LogP contribution in [0.5, 0.6) is 0 Å². The number of anilines is 6. The fourth-order valence-corrected chi connectivity index (χ4v) is 17.1. The Bertz CT molecular complexity index is 5880. The molecule has 2 heteroatoms. The van der Waals surface area contributed by atoms with Crippen LogP contribution in [0, 0.1) is 13.8 Å². The quantitative estimate of drug-likeness (QED) is 0.0796. The molecule has 2 atom stereocenters. The summed E-state index contributed by atoms with van der Waals surface area (Å²) in [6.45, 7) is 19.2. The third-order valence-corrected chi connectivity index (χ3v) is 22.2. The molecule has 2 unspecified atom stereocenters. The molecule has 105 heavy (non-hydrogen) atoms. The van der Waals surface area contributed by atoms with Crippen molar-refractivity contribution in [3.05, 3.63) is 450 Å². The summed E-state index contributed by atoms with van der Waals surface area (Å²) in [5.74, 6) is 0. The third-order valence-electron chi connectivity index (χ3n) is 22.2. The van der Waals surface area contributed by atoms with Crippen molar-refractivity contribution in [3.8, 4) is 44.5 Å². The topological polar surface area (TPSA) is 6.48 Å². The SMILES string of the molecule is C=CC1=C(/C=C\C)C(Cc2ccc(C=C)cc2)(c2ccc(C)cc2)c2cc(N(c3ccc(-c4ccccc4)cc3)c3ccc(-c4ccc(N(c5ccc(-c6ccccc6)cc5)c5ccc6c(c5)C(Cc5ccc(C=C)cc5)(c5ccc(C)cc5)c5ccccc5-6)c5ccccc45)c4ccccc34)ccc21. The Balaban J connectivity index is 0.846. The second-order valence-electron chi connectivity index (χ2n) is 28.2. The van der Waals surface area contributed by atoms with E-state index in [9.17, 15) is 0 Å². The largest absolute Gasteiger partial charge is 0.310 e. The smallest absolute Gasteiger partial charge is 0.0540 e. The number of rotatable bonds is 19. The van der Waals surface area contributed by atoms with E-state index in [0.717, 1.165) is 107 Å². The number of allylic oxidation sites excluding steroid dienone is 5. The first kappa shape index (κ1) is 65.4. The highest BCUT2D eigenvalue weighted by Gasteiger charge is 2.47. The second-order valence-corrected chi connectivity index (χ2v) is 28.2. The zero-order valence-electron chi connectivity index (χ0n) is 59.6. The van der Waals surface area contributed by atoms with Crippen molar-refractivity contribution in [2.75, 3.05) is 9.80 Å². The minimum absolute atomic E-state index is 0.512. The van der Waals surface area contributed by atoms with Crippen LogP contribution in [0.25, 0.3) is 83.8 Å². The second kappa shape index (κ2) is 27.5. The van der Waals surface area contributed by atoms with Gasteiger partial charge in [-0.2, -0.15) is 0 Å². The van der Waals surface area contributed by atoms with Gasteiger partial charge in [0.25, 0.3) is 0 Å². The molecule has 0 saturated carbocycles. The van der Waals surface area contributed by atoms with Gasteiger partial charge in [0.1, 0.15) is 0 Å². The van der Waals surface area contributed by atoms with Gasteiger partial charge in [-0.05, 0) is 216 Å². The predicted molar refractivity (Wildman–Crippen MR) is 448 cm³/mol. The molecule has 15 aromatic rings. The lowest BCUT2D eigenvalue weighted by Crippen LogP contribution is -2.31. The molecule has 502 valence electrons. The van der Waals surface area contributed by atoms with Gasteiger partial charge in [0, 0.05) is 33.5 Å². The number of benzene rings is 15. The molecule has 0 aliphatic heterocycles. The molecule has 0 radical (unpaired) electrons. The first-order valence-corrected chi connectivity index (χ1v) is 36.6. The zero-order valence-corrected chi connectivity index (χ0v) is 59.6. The number of hydrogen-bond donors (Lipinski definition) is 0. The molecule has 0 aromatic heterocycles. The summed E-state index contributed by atoms with van der Waals surface area (Å²) in [7, 11) is 0. The van der Waals surface area contributed by atoms with E-state index in [1.54, 1.807) is 0 Å². The Morgan fingerprint density at radius 1 is 0.305 bits per heavy atom. The van der Waals surface area contributed by atoms with E-state index in [2.05, 4.69) is 408 Å². The minimum Gasteiger partial charge on any atom is -0.310 e. The molecule has 0 amide bonds. The summed E-state index contributed by atoms with van der Waals surface area (Å²) in [6, 6.07) is 127. The van der Waals surface area contributed by atoms with Crippen molar-refractivity contribution in [2.45, 2.75) is 44.4 Å². The minimum atomic E-state index is -0.578. The monoisotopic (exact) mass is 1340 g/mol. The van der Waals surface area contributed by atoms with Gasteiger partial charge in [0.2, 0.25) is 0 Å². The van der Waals surface area contributed by atoms with Crippen LogP contribution in [0.1, 0.15) is 73.7 Å². The molecule has 2 aliphatic rings. The van der Waals surface area contributed by atoms with E-state index in [4.69, 9.17) is 0 Å². The van der Waals surface area contributed by atoms with Gasteiger partial charge in [0.15, 0.2) is 0 Å². The number of hydrogen-bond acceptors (Lipinski definition) is 2. The highest BCUT2D eigenvalue weighted by Crippen LogP contribution is 2.58. The summed E-state index contributed by atoms with van der Waals surface area (Å²) >= 11 is 0. The molecule has 0 N–H and O–H groups in total.